The third-order valence-corrected chi connectivity index (χ3v) is 8.55. The summed E-state index contributed by atoms with van der Waals surface area (Å²) in [4.78, 5) is 30.5. The van der Waals surface area contributed by atoms with Crippen molar-refractivity contribution in [3.8, 4) is 5.75 Å². The van der Waals surface area contributed by atoms with E-state index < -0.39 is 40.0 Å². The van der Waals surface area contributed by atoms with Crippen LogP contribution in [0, 0.1) is 5.41 Å². The number of primary amides is 1. The zero-order valence-electron chi connectivity index (χ0n) is 23.6. The van der Waals surface area contributed by atoms with Crippen LogP contribution in [0.25, 0.3) is 6.08 Å². The van der Waals surface area contributed by atoms with Gasteiger partial charge in [0.15, 0.2) is 5.75 Å². The lowest BCUT2D eigenvalue weighted by molar-refractivity contribution is -0.134. The molecule has 44 heavy (non-hydrogen) atoms. The number of carbonyl (C=O) groups excluding carboxylic acids is 1. The number of carboxylic acid groups (broad SMARTS) is 1. The molecule has 0 unspecified atom stereocenters. The summed E-state index contributed by atoms with van der Waals surface area (Å²) in [7, 11) is -4.59. The number of carbonyl (C=O) groups is 2. The van der Waals surface area contributed by atoms with Gasteiger partial charge >= 0.3 is 5.97 Å². The van der Waals surface area contributed by atoms with Gasteiger partial charge < -0.3 is 26.2 Å². The van der Waals surface area contributed by atoms with E-state index in [9.17, 15) is 23.1 Å². The van der Waals surface area contributed by atoms with Gasteiger partial charge in [-0.15, -0.1) is 24.8 Å². The van der Waals surface area contributed by atoms with Crippen LogP contribution in [0.2, 0.25) is 0 Å². The van der Waals surface area contributed by atoms with E-state index in [1.54, 1.807) is 12.1 Å². The number of benzene rings is 2. The highest BCUT2D eigenvalue weighted by Crippen LogP contribution is 2.30. The Balaban J connectivity index is 0.00000337. The number of carboxylic acids is 1. The van der Waals surface area contributed by atoms with Crippen molar-refractivity contribution in [2.45, 2.75) is 31.8 Å². The third-order valence-electron chi connectivity index (χ3n) is 6.93. The van der Waals surface area contributed by atoms with E-state index in [1.807, 2.05) is 0 Å². The maximum atomic E-state index is 15.2. The Bertz CT molecular complexity index is 1550. The molecule has 240 valence electrons. The van der Waals surface area contributed by atoms with Gasteiger partial charge in [0.1, 0.15) is 23.5 Å². The molecule has 0 saturated carbocycles. The molecule has 2 heterocycles. The summed E-state index contributed by atoms with van der Waals surface area (Å²) in [5.74, 6) is -3.74. The number of sulfonamides is 1. The molecule has 2 aromatic carbocycles. The van der Waals surface area contributed by atoms with E-state index in [4.69, 9.17) is 21.6 Å². The summed E-state index contributed by atoms with van der Waals surface area (Å²) in [5.41, 5.74) is 11.5. The summed E-state index contributed by atoms with van der Waals surface area (Å²) in [6, 6.07) is 9.94. The second kappa shape index (κ2) is 15.7. The zero-order valence-corrected chi connectivity index (χ0v) is 26.1. The molecule has 12 nitrogen and oxygen atoms in total. The molecular formula is C28H35Cl2FN6O6S. The van der Waals surface area contributed by atoms with Crippen LogP contribution in [0.4, 0.5) is 10.1 Å². The molecule has 2 aliphatic rings. The highest BCUT2D eigenvalue weighted by molar-refractivity contribution is 7.93. The number of anilines is 1. The van der Waals surface area contributed by atoms with Crippen LogP contribution in [-0.4, -0.2) is 80.0 Å². The first-order chi connectivity index (χ1) is 19.9. The topological polar surface area (TPSA) is 192 Å². The van der Waals surface area contributed by atoms with E-state index in [0.717, 1.165) is 50.5 Å². The number of rotatable bonds is 11. The fraction of sp³-hybridized carbons (Fsp3) is 0.357. The van der Waals surface area contributed by atoms with Crippen molar-refractivity contribution in [3.63, 3.8) is 0 Å². The number of piperidine rings is 1. The largest absolute Gasteiger partial charge is 0.489 e. The van der Waals surface area contributed by atoms with Crippen molar-refractivity contribution < 1.29 is 32.2 Å². The minimum atomic E-state index is -4.59. The normalized spacial score (nSPS) is 15.4. The van der Waals surface area contributed by atoms with E-state index in [2.05, 4.69) is 9.89 Å². The number of nitrogens with two attached hydrogens (primary N) is 2. The van der Waals surface area contributed by atoms with E-state index in [0.29, 0.717) is 28.3 Å². The lowest BCUT2D eigenvalue weighted by Crippen LogP contribution is -2.41. The molecule has 0 aromatic heterocycles. The van der Waals surface area contributed by atoms with Gasteiger partial charge in [-0.1, -0.05) is 18.2 Å². The van der Waals surface area contributed by atoms with Crippen molar-refractivity contribution >= 4 is 70.1 Å². The number of likely N-dealkylation sites (tertiary alicyclic amines) is 1. The van der Waals surface area contributed by atoms with Crippen LogP contribution in [0.5, 0.6) is 5.75 Å². The van der Waals surface area contributed by atoms with Gasteiger partial charge in [0.05, 0.1) is 23.6 Å². The average Bonchev–Trinajstić information content (AvgIpc) is 3.47. The van der Waals surface area contributed by atoms with Crippen LogP contribution >= 0.6 is 24.8 Å². The van der Waals surface area contributed by atoms with E-state index in [-0.39, 0.29) is 53.8 Å². The van der Waals surface area contributed by atoms with Crippen molar-refractivity contribution in [1.29, 1.82) is 5.41 Å². The number of amides is 1. The Kier molecular flexibility index (Phi) is 13.0. The van der Waals surface area contributed by atoms with Crippen LogP contribution < -0.4 is 20.5 Å². The van der Waals surface area contributed by atoms with Gasteiger partial charge in [-0.05, 0) is 42.3 Å². The van der Waals surface area contributed by atoms with Crippen molar-refractivity contribution in [3.05, 3.63) is 65.0 Å². The molecule has 0 radical (unpaired) electrons. The lowest BCUT2D eigenvalue weighted by atomic mass is 10.1. The molecule has 16 heteroatoms. The van der Waals surface area contributed by atoms with Crippen LogP contribution in [0.15, 0.2) is 53.3 Å². The maximum Gasteiger partial charge on any atom is 0.320 e. The molecule has 2 aliphatic heterocycles. The molecule has 1 amide bonds. The smallest absolute Gasteiger partial charge is 0.320 e. The number of hydrogen-bond acceptors (Lipinski definition) is 8. The van der Waals surface area contributed by atoms with Gasteiger partial charge in [-0.3, -0.25) is 24.3 Å². The van der Waals surface area contributed by atoms with Gasteiger partial charge in [-0.2, -0.15) is 0 Å². The van der Waals surface area contributed by atoms with Crippen molar-refractivity contribution in [2.24, 2.45) is 16.5 Å². The fourth-order valence-electron chi connectivity index (χ4n) is 4.91. The monoisotopic (exact) mass is 672 g/mol. The van der Waals surface area contributed by atoms with Crippen LogP contribution in [0.1, 0.15) is 47.2 Å². The summed E-state index contributed by atoms with van der Waals surface area (Å²) in [6.07, 6.45) is 4.20. The molecule has 1 saturated heterocycles. The number of nitrogens with one attached hydrogen (secondary N) is 1. The predicted octanol–water partition coefficient (Wildman–Crippen LogP) is 3.18. The third kappa shape index (κ3) is 9.31. The minimum Gasteiger partial charge on any atom is -0.489 e. The Morgan fingerprint density at radius 1 is 1.16 bits per heavy atom. The molecule has 6 N–H and O–H groups in total. The SMILES string of the molecule is Cl.Cl.N=C(N)c1cccc(/C=C(/F)CN(c2ccc(OC3CCN(C4=NCCC4)CC3)c(C(N)=O)c2)S(=O)(=O)CC(=O)O)c1. The molecule has 0 spiro atoms. The minimum absolute atomic E-state index is 0. The first kappa shape index (κ1) is 36.3. The Morgan fingerprint density at radius 2 is 1.86 bits per heavy atom. The summed E-state index contributed by atoms with van der Waals surface area (Å²) in [6.45, 7) is 1.47. The molecule has 2 aromatic rings. The summed E-state index contributed by atoms with van der Waals surface area (Å²) >= 11 is 0. The van der Waals surface area contributed by atoms with E-state index >= 15 is 4.39 Å². The predicted molar refractivity (Wildman–Crippen MR) is 172 cm³/mol. The van der Waals surface area contributed by atoms with Crippen LogP contribution in [-0.2, 0) is 14.8 Å². The Labute approximate surface area is 267 Å². The number of aliphatic imine (C=N–C) groups is 1. The molecule has 0 aliphatic carbocycles. The number of hydrogen-bond donors (Lipinski definition) is 4. The Morgan fingerprint density at radius 3 is 2.45 bits per heavy atom. The molecule has 1 fully saturated rings. The maximum absolute atomic E-state index is 15.2. The average molecular weight is 674 g/mol. The first-order valence-corrected chi connectivity index (χ1v) is 15.0. The second-order valence-corrected chi connectivity index (χ2v) is 11.9. The summed E-state index contributed by atoms with van der Waals surface area (Å²) < 4.78 is 48.0. The zero-order chi connectivity index (χ0) is 30.4. The molecular weight excluding hydrogens is 638 g/mol. The van der Waals surface area contributed by atoms with E-state index in [1.165, 1.54) is 24.3 Å². The quantitative estimate of drug-likeness (QED) is 0.206. The first-order valence-electron chi connectivity index (χ1n) is 13.3. The second-order valence-electron chi connectivity index (χ2n) is 10.0. The van der Waals surface area contributed by atoms with Gasteiger partial charge in [0.2, 0.25) is 10.0 Å². The number of amidine groups is 2. The van der Waals surface area contributed by atoms with Gasteiger partial charge in [0, 0.05) is 44.5 Å². The van der Waals surface area contributed by atoms with Gasteiger partial charge in [-0.25, -0.2) is 12.8 Å². The summed E-state index contributed by atoms with van der Waals surface area (Å²) in [5, 5.41) is 16.8. The standard InChI is InChI=1S/C28H33FN6O6S.2ClH/c29-20(14-18-3-1-4-19(13-18)27(30)31)16-35(42(39,40)17-26(36)37)21-6-7-24(23(15-21)28(32)38)41-22-8-11-34(12-9-22)25-5-2-10-33-25;;/h1,3-4,6-7,13-15,22H,2,5,8-12,16-17H2,(H3,30,31)(H2,32,38)(H,36,37);2*1H/b20-14+;;. The number of halogens is 3. The van der Waals surface area contributed by atoms with Gasteiger partial charge in [0.25, 0.3) is 5.91 Å². The van der Waals surface area contributed by atoms with Crippen molar-refractivity contribution in [1.82, 2.24) is 4.90 Å². The Hall–Kier alpha value is -3.88. The molecule has 0 atom stereocenters. The highest BCUT2D eigenvalue weighted by Gasteiger charge is 2.29. The lowest BCUT2D eigenvalue weighted by Gasteiger charge is -2.34. The fourth-order valence-corrected chi connectivity index (χ4v) is 6.13. The number of aliphatic carboxylic acids is 1. The van der Waals surface area contributed by atoms with Crippen LogP contribution in [0.3, 0.4) is 0 Å². The number of ether oxygens (including phenoxy) is 1. The molecule has 4 rings (SSSR count). The van der Waals surface area contributed by atoms with Crippen molar-refractivity contribution in [2.75, 3.05) is 36.2 Å². The number of nitrogens with zero attached hydrogens (tertiary/aromatic N) is 3. The highest BCUT2D eigenvalue weighted by atomic mass is 35.5. The number of nitrogen functional groups attached to an aromatic ring is 1. The molecule has 0 bridgehead atoms.